The number of aromatic nitrogens is 2. The zero-order valence-electron chi connectivity index (χ0n) is 11.2. The van der Waals surface area contributed by atoms with E-state index in [0.29, 0.717) is 11.1 Å². The Hall–Kier alpha value is -1.06. The minimum absolute atomic E-state index is 0.389. The molecule has 5 nitrogen and oxygen atoms in total. The maximum absolute atomic E-state index is 9.27. The Morgan fingerprint density at radius 3 is 2.72 bits per heavy atom. The Balaban J connectivity index is 2.33. The number of rotatable bonds is 8. The summed E-state index contributed by atoms with van der Waals surface area (Å²) in [4.78, 5) is 0. The fourth-order valence-electron chi connectivity index (χ4n) is 1.77. The smallest absolute Gasteiger partial charge is 0.276 e. The maximum atomic E-state index is 9.27. The Bertz CT molecular complexity index is 401. The van der Waals surface area contributed by atoms with Crippen molar-refractivity contribution in [3.05, 3.63) is 5.89 Å². The van der Waals surface area contributed by atoms with Crippen LogP contribution in [0, 0.1) is 18.3 Å². The van der Waals surface area contributed by atoms with Crippen molar-refractivity contribution in [2.24, 2.45) is 0 Å². The molecule has 100 valence electrons. The first kappa shape index (κ1) is 15.0. The van der Waals surface area contributed by atoms with Crippen molar-refractivity contribution in [2.75, 3.05) is 12.3 Å². The molecule has 1 heterocycles. The number of hydrogen-bond acceptors (Lipinski definition) is 6. The molecule has 0 saturated carbocycles. The summed E-state index contributed by atoms with van der Waals surface area (Å²) < 4.78 is 5.28. The van der Waals surface area contributed by atoms with Gasteiger partial charge >= 0.3 is 0 Å². The van der Waals surface area contributed by atoms with Crippen LogP contribution in [0.25, 0.3) is 0 Å². The molecule has 0 saturated heterocycles. The second-order valence-electron chi connectivity index (χ2n) is 4.12. The van der Waals surface area contributed by atoms with Crippen molar-refractivity contribution < 1.29 is 4.42 Å². The lowest BCUT2D eigenvalue weighted by Crippen LogP contribution is -2.43. The average Bonchev–Trinajstić information content (AvgIpc) is 2.79. The van der Waals surface area contributed by atoms with E-state index in [2.05, 4.69) is 21.6 Å². The molecule has 1 aromatic heterocycles. The molecule has 1 rings (SSSR count). The van der Waals surface area contributed by atoms with E-state index in [4.69, 9.17) is 4.42 Å². The monoisotopic (exact) mass is 268 g/mol. The summed E-state index contributed by atoms with van der Waals surface area (Å²) in [6, 6.07) is 2.40. The zero-order valence-corrected chi connectivity index (χ0v) is 12.0. The van der Waals surface area contributed by atoms with Gasteiger partial charge in [0.05, 0.1) is 6.07 Å². The van der Waals surface area contributed by atoms with Crippen LogP contribution in [0.4, 0.5) is 0 Å². The molecule has 0 aliphatic rings. The van der Waals surface area contributed by atoms with Crippen LogP contribution in [0.1, 0.15) is 39.0 Å². The number of aryl methyl sites for hydroxylation is 1. The minimum atomic E-state index is -0.389. The lowest BCUT2D eigenvalue weighted by atomic mass is 9.92. The molecule has 0 radical (unpaired) electrons. The third-order valence-electron chi connectivity index (χ3n) is 2.81. The first-order valence-corrected chi connectivity index (χ1v) is 7.23. The second-order valence-corrected chi connectivity index (χ2v) is 5.16. The molecular formula is C12H20N4OS. The molecule has 1 aromatic rings. The van der Waals surface area contributed by atoms with Gasteiger partial charge < -0.3 is 4.42 Å². The van der Waals surface area contributed by atoms with Gasteiger partial charge in [-0.05, 0) is 25.8 Å². The van der Waals surface area contributed by atoms with Crippen molar-refractivity contribution in [2.45, 2.75) is 50.8 Å². The van der Waals surface area contributed by atoms with Gasteiger partial charge in [0.1, 0.15) is 5.54 Å². The van der Waals surface area contributed by atoms with Crippen molar-refractivity contribution in [1.82, 2.24) is 15.5 Å². The molecule has 1 N–H and O–H groups in total. The van der Waals surface area contributed by atoms with Crippen molar-refractivity contribution in [3.8, 4) is 6.07 Å². The molecule has 18 heavy (non-hydrogen) atoms. The predicted octanol–water partition coefficient (Wildman–Crippen LogP) is 2.53. The molecule has 0 aliphatic heterocycles. The Morgan fingerprint density at radius 2 is 2.22 bits per heavy atom. The summed E-state index contributed by atoms with van der Waals surface area (Å²) in [5.41, 5.74) is -0.389. The summed E-state index contributed by atoms with van der Waals surface area (Å²) in [5.74, 6) is 1.47. The normalized spacial score (nSPS) is 14.1. The van der Waals surface area contributed by atoms with E-state index in [0.717, 1.165) is 31.6 Å². The molecular weight excluding hydrogens is 248 g/mol. The molecule has 0 bridgehead atoms. The topological polar surface area (TPSA) is 74.7 Å². The summed E-state index contributed by atoms with van der Waals surface area (Å²) in [6.07, 6.45) is 2.61. The standard InChI is InChI=1S/C12H20N4OS/c1-4-12(9-13,14-5-2)7-6-8-18-11-16-15-10(3)17-11/h14H,4-8H2,1-3H3. The van der Waals surface area contributed by atoms with Crippen LogP contribution in [0.15, 0.2) is 9.64 Å². The van der Waals surface area contributed by atoms with Gasteiger partial charge in [-0.25, -0.2) is 0 Å². The summed E-state index contributed by atoms with van der Waals surface area (Å²) in [5, 5.41) is 20.8. The molecule has 1 atom stereocenters. The van der Waals surface area contributed by atoms with E-state index >= 15 is 0 Å². The quantitative estimate of drug-likeness (QED) is 0.577. The lowest BCUT2D eigenvalue weighted by molar-refractivity contribution is 0.379. The van der Waals surface area contributed by atoms with Crippen molar-refractivity contribution >= 4 is 11.8 Å². The fourth-order valence-corrected chi connectivity index (χ4v) is 2.51. The minimum Gasteiger partial charge on any atom is -0.416 e. The zero-order chi connectivity index (χ0) is 13.4. The Morgan fingerprint density at radius 1 is 1.44 bits per heavy atom. The van der Waals surface area contributed by atoms with Gasteiger partial charge in [0, 0.05) is 12.7 Å². The van der Waals surface area contributed by atoms with Crippen molar-refractivity contribution in [3.63, 3.8) is 0 Å². The van der Waals surface area contributed by atoms with Crippen molar-refractivity contribution in [1.29, 1.82) is 5.26 Å². The summed E-state index contributed by atoms with van der Waals surface area (Å²) in [6.45, 7) is 6.66. The number of nitrogens with zero attached hydrogens (tertiary/aromatic N) is 3. The highest BCUT2D eigenvalue weighted by Gasteiger charge is 2.25. The highest BCUT2D eigenvalue weighted by molar-refractivity contribution is 7.99. The van der Waals surface area contributed by atoms with Gasteiger partial charge in [-0.15, -0.1) is 10.2 Å². The third-order valence-corrected chi connectivity index (χ3v) is 3.72. The van der Waals surface area contributed by atoms with E-state index in [1.54, 1.807) is 18.7 Å². The van der Waals surface area contributed by atoms with E-state index in [9.17, 15) is 5.26 Å². The first-order valence-electron chi connectivity index (χ1n) is 6.25. The number of nitriles is 1. The molecule has 0 spiro atoms. The second kappa shape index (κ2) is 7.39. The van der Waals surface area contributed by atoms with Gasteiger partial charge in [0.25, 0.3) is 5.22 Å². The van der Waals surface area contributed by atoms with Crippen LogP contribution >= 0.6 is 11.8 Å². The third kappa shape index (κ3) is 4.31. The van der Waals surface area contributed by atoms with Crippen LogP contribution in [0.5, 0.6) is 0 Å². The first-order chi connectivity index (χ1) is 8.65. The van der Waals surface area contributed by atoms with Gasteiger partial charge in [0.15, 0.2) is 0 Å². The maximum Gasteiger partial charge on any atom is 0.276 e. The van der Waals surface area contributed by atoms with E-state index in [-0.39, 0.29) is 5.54 Å². The molecule has 6 heteroatoms. The summed E-state index contributed by atoms with van der Waals surface area (Å²) >= 11 is 1.54. The SMILES string of the molecule is CCNC(C#N)(CC)CCCSc1nnc(C)o1. The molecule has 0 amide bonds. The molecule has 1 unspecified atom stereocenters. The average molecular weight is 268 g/mol. The van der Waals surface area contributed by atoms with Gasteiger partial charge in [-0.1, -0.05) is 25.6 Å². The number of hydrogen-bond donors (Lipinski definition) is 1. The predicted molar refractivity (Wildman–Crippen MR) is 71.3 cm³/mol. The molecule has 0 aliphatic carbocycles. The van der Waals surface area contributed by atoms with E-state index in [1.165, 1.54) is 0 Å². The summed E-state index contributed by atoms with van der Waals surface area (Å²) in [7, 11) is 0. The van der Waals surface area contributed by atoms with Crippen LogP contribution < -0.4 is 5.32 Å². The van der Waals surface area contributed by atoms with Gasteiger partial charge in [-0.3, -0.25) is 5.32 Å². The Labute approximate surface area is 112 Å². The van der Waals surface area contributed by atoms with E-state index < -0.39 is 0 Å². The van der Waals surface area contributed by atoms with Crippen LogP contribution in [0.2, 0.25) is 0 Å². The largest absolute Gasteiger partial charge is 0.416 e. The van der Waals surface area contributed by atoms with Crippen LogP contribution in [-0.4, -0.2) is 28.0 Å². The highest BCUT2D eigenvalue weighted by Crippen LogP contribution is 2.21. The highest BCUT2D eigenvalue weighted by atomic mass is 32.2. The lowest BCUT2D eigenvalue weighted by Gasteiger charge is -2.25. The molecule has 0 aromatic carbocycles. The van der Waals surface area contributed by atoms with Crippen LogP contribution in [0.3, 0.4) is 0 Å². The van der Waals surface area contributed by atoms with Crippen LogP contribution in [-0.2, 0) is 0 Å². The van der Waals surface area contributed by atoms with Gasteiger partial charge in [-0.2, -0.15) is 5.26 Å². The molecule has 0 fully saturated rings. The fraction of sp³-hybridized carbons (Fsp3) is 0.750. The number of thioether (sulfide) groups is 1. The van der Waals surface area contributed by atoms with Gasteiger partial charge in [0.2, 0.25) is 5.89 Å². The van der Waals surface area contributed by atoms with E-state index in [1.807, 2.05) is 13.8 Å². The number of nitrogens with one attached hydrogen (secondary N) is 1. The Kier molecular flexibility index (Phi) is 6.16.